The van der Waals surface area contributed by atoms with Crippen molar-refractivity contribution in [3.05, 3.63) is 70.4 Å². The van der Waals surface area contributed by atoms with Gasteiger partial charge in [-0.2, -0.15) is 11.3 Å². The van der Waals surface area contributed by atoms with Crippen molar-refractivity contribution in [3.8, 4) is 0 Å². The Bertz CT molecular complexity index is 638. The van der Waals surface area contributed by atoms with E-state index in [0.717, 1.165) is 6.42 Å². The predicted octanol–water partition coefficient (Wildman–Crippen LogP) is 5.42. The van der Waals surface area contributed by atoms with Gasteiger partial charge in [-0.15, -0.1) is 11.6 Å². The zero-order chi connectivity index (χ0) is 12.4. The third-order valence-electron chi connectivity index (χ3n) is 3.18. The highest BCUT2D eigenvalue weighted by Crippen LogP contribution is 2.29. The second kappa shape index (κ2) is 5.13. The van der Waals surface area contributed by atoms with Crippen LogP contribution in [0.3, 0.4) is 0 Å². The van der Waals surface area contributed by atoms with Crippen molar-refractivity contribution in [1.29, 1.82) is 0 Å². The van der Waals surface area contributed by atoms with Crippen LogP contribution in [0.15, 0.2) is 59.3 Å². The molecule has 1 aromatic heterocycles. The smallest absolute Gasteiger partial charge is 0.0633 e. The van der Waals surface area contributed by atoms with E-state index >= 15 is 0 Å². The number of hydrogen-bond acceptors (Lipinski definition) is 1. The average molecular weight is 273 g/mol. The van der Waals surface area contributed by atoms with E-state index in [2.05, 4.69) is 59.3 Å². The molecule has 2 heteroatoms. The van der Waals surface area contributed by atoms with Crippen LogP contribution in [0, 0.1) is 0 Å². The standard InChI is InChI=1S/C16H13ClS/c17-16(14-8-9-18-11-14)10-13-6-3-5-12-4-1-2-7-15(12)13/h1-9,11,16H,10H2. The lowest BCUT2D eigenvalue weighted by molar-refractivity contribution is 0.933. The lowest BCUT2D eigenvalue weighted by Gasteiger charge is -2.10. The Morgan fingerprint density at radius 3 is 2.67 bits per heavy atom. The molecule has 3 rings (SSSR count). The topological polar surface area (TPSA) is 0 Å². The fourth-order valence-corrected chi connectivity index (χ4v) is 3.33. The molecule has 0 spiro atoms. The predicted molar refractivity (Wildman–Crippen MR) is 80.6 cm³/mol. The summed E-state index contributed by atoms with van der Waals surface area (Å²) in [6, 6.07) is 17.0. The maximum atomic E-state index is 6.49. The molecule has 1 unspecified atom stereocenters. The molecule has 90 valence electrons. The van der Waals surface area contributed by atoms with Crippen LogP contribution in [0.25, 0.3) is 10.8 Å². The molecule has 0 fully saturated rings. The van der Waals surface area contributed by atoms with Gasteiger partial charge in [0.05, 0.1) is 5.38 Å². The highest BCUT2D eigenvalue weighted by molar-refractivity contribution is 7.08. The number of hydrogen-bond donors (Lipinski definition) is 0. The largest absolute Gasteiger partial charge is 0.152 e. The van der Waals surface area contributed by atoms with Crippen molar-refractivity contribution in [2.75, 3.05) is 0 Å². The minimum absolute atomic E-state index is 0.0575. The van der Waals surface area contributed by atoms with E-state index in [-0.39, 0.29) is 5.38 Å². The first-order valence-corrected chi connectivity index (χ1v) is 7.35. The molecule has 0 radical (unpaired) electrons. The average Bonchev–Trinajstić information content (AvgIpc) is 2.93. The van der Waals surface area contributed by atoms with Gasteiger partial charge in [0.15, 0.2) is 0 Å². The van der Waals surface area contributed by atoms with E-state index < -0.39 is 0 Å². The minimum atomic E-state index is 0.0575. The molecule has 0 N–H and O–H groups in total. The summed E-state index contributed by atoms with van der Waals surface area (Å²) in [6.45, 7) is 0. The van der Waals surface area contributed by atoms with Crippen LogP contribution >= 0.6 is 22.9 Å². The number of halogens is 1. The lowest BCUT2D eigenvalue weighted by atomic mass is 9.99. The highest BCUT2D eigenvalue weighted by atomic mass is 35.5. The summed E-state index contributed by atoms with van der Waals surface area (Å²) >= 11 is 8.19. The third kappa shape index (κ3) is 2.29. The summed E-state index contributed by atoms with van der Waals surface area (Å²) in [4.78, 5) is 0. The fourth-order valence-electron chi connectivity index (χ4n) is 2.23. The number of fused-ring (bicyclic) bond motifs is 1. The van der Waals surface area contributed by atoms with Crippen LogP contribution in [0.2, 0.25) is 0 Å². The van der Waals surface area contributed by atoms with E-state index in [9.17, 15) is 0 Å². The van der Waals surface area contributed by atoms with Gasteiger partial charge < -0.3 is 0 Å². The quantitative estimate of drug-likeness (QED) is 0.558. The number of alkyl halides is 1. The van der Waals surface area contributed by atoms with Gasteiger partial charge in [-0.3, -0.25) is 0 Å². The molecule has 0 aliphatic carbocycles. The van der Waals surface area contributed by atoms with Gasteiger partial charge in [-0.05, 0) is 45.1 Å². The lowest BCUT2D eigenvalue weighted by Crippen LogP contribution is -1.95. The Morgan fingerprint density at radius 2 is 1.83 bits per heavy atom. The Labute approximate surface area is 116 Å². The molecule has 0 aliphatic rings. The summed E-state index contributed by atoms with van der Waals surface area (Å²) in [7, 11) is 0. The van der Waals surface area contributed by atoms with Crippen molar-refractivity contribution in [3.63, 3.8) is 0 Å². The Balaban J connectivity index is 1.95. The van der Waals surface area contributed by atoms with Crippen LogP contribution in [0.4, 0.5) is 0 Å². The van der Waals surface area contributed by atoms with Gasteiger partial charge in [0.25, 0.3) is 0 Å². The molecule has 1 atom stereocenters. The van der Waals surface area contributed by atoms with Crippen LogP contribution in [0.1, 0.15) is 16.5 Å². The van der Waals surface area contributed by atoms with Crippen LogP contribution in [-0.2, 0) is 6.42 Å². The zero-order valence-corrected chi connectivity index (χ0v) is 11.4. The summed E-state index contributed by atoms with van der Waals surface area (Å²) in [5.74, 6) is 0. The molecule has 0 aliphatic heterocycles. The normalized spacial score (nSPS) is 12.7. The molecule has 0 saturated heterocycles. The van der Waals surface area contributed by atoms with Gasteiger partial charge in [-0.25, -0.2) is 0 Å². The van der Waals surface area contributed by atoms with Gasteiger partial charge in [0.2, 0.25) is 0 Å². The Hall–Kier alpha value is -1.31. The van der Waals surface area contributed by atoms with Crippen molar-refractivity contribution >= 4 is 33.7 Å². The van der Waals surface area contributed by atoms with E-state index in [1.165, 1.54) is 21.9 Å². The van der Waals surface area contributed by atoms with Crippen LogP contribution < -0.4 is 0 Å². The van der Waals surface area contributed by atoms with Gasteiger partial charge in [0.1, 0.15) is 0 Å². The van der Waals surface area contributed by atoms with E-state index in [0.29, 0.717) is 0 Å². The number of thiophene rings is 1. The van der Waals surface area contributed by atoms with Crippen molar-refractivity contribution in [1.82, 2.24) is 0 Å². The van der Waals surface area contributed by atoms with E-state index in [1.807, 2.05) is 0 Å². The van der Waals surface area contributed by atoms with Crippen LogP contribution in [-0.4, -0.2) is 0 Å². The summed E-state index contributed by atoms with van der Waals surface area (Å²) in [5.41, 5.74) is 2.54. The zero-order valence-electron chi connectivity index (χ0n) is 9.84. The molecule has 0 nitrogen and oxygen atoms in total. The minimum Gasteiger partial charge on any atom is -0.152 e. The molecule has 3 aromatic rings. The first-order chi connectivity index (χ1) is 8.84. The van der Waals surface area contributed by atoms with Gasteiger partial charge in [0, 0.05) is 0 Å². The molecule has 0 amide bonds. The van der Waals surface area contributed by atoms with Crippen molar-refractivity contribution in [2.45, 2.75) is 11.8 Å². The van der Waals surface area contributed by atoms with Crippen molar-refractivity contribution in [2.24, 2.45) is 0 Å². The maximum absolute atomic E-state index is 6.49. The first-order valence-electron chi connectivity index (χ1n) is 5.97. The SMILES string of the molecule is ClC(Cc1cccc2ccccc12)c1ccsc1. The van der Waals surface area contributed by atoms with Gasteiger partial charge in [-0.1, -0.05) is 42.5 Å². The van der Waals surface area contributed by atoms with Crippen molar-refractivity contribution < 1.29 is 0 Å². The monoisotopic (exact) mass is 272 g/mol. The number of benzene rings is 2. The second-order valence-electron chi connectivity index (χ2n) is 4.37. The molecule has 18 heavy (non-hydrogen) atoms. The molecule has 1 heterocycles. The summed E-state index contributed by atoms with van der Waals surface area (Å²) in [6.07, 6.45) is 0.875. The van der Waals surface area contributed by atoms with E-state index in [1.54, 1.807) is 11.3 Å². The Morgan fingerprint density at radius 1 is 1.00 bits per heavy atom. The number of rotatable bonds is 3. The highest BCUT2D eigenvalue weighted by Gasteiger charge is 2.11. The molecule has 2 aromatic carbocycles. The Kier molecular flexibility index (Phi) is 3.35. The second-order valence-corrected chi connectivity index (χ2v) is 5.67. The van der Waals surface area contributed by atoms with Crippen LogP contribution in [0.5, 0.6) is 0 Å². The summed E-state index contributed by atoms with van der Waals surface area (Å²) in [5, 5.41) is 6.85. The third-order valence-corrected chi connectivity index (χ3v) is 4.29. The molecule has 0 bridgehead atoms. The maximum Gasteiger partial charge on any atom is 0.0633 e. The van der Waals surface area contributed by atoms with E-state index in [4.69, 9.17) is 11.6 Å². The molecular weight excluding hydrogens is 260 g/mol. The fraction of sp³-hybridized carbons (Fsp3) is 0.125. The molecule has 0 saturated carbocycles. The first kappa shape index (κ1) is 11.8. The van der Waals surface area contributed by atoms with Gasteiger partial charge >= 0.3 is 0 Å². The molecular formula is C16H13ClS. The summed E-state index contributed by atoms with van der Waals surface area (Å²) < 4.78 is 0.